The summed E-state index contributed by atoms with van der Waals surface area (Å²) in [6, 6.07) is 7.10. The summed E-state index contributed by atoms with van der Waals surface area (Å²) >= 11 is 6.28. The van der Waals surface area contributed by atoms with E-state index in [9.17, 15) is 4.79 Å². The second-order valence-corrected chi connectivity index (χ2v) is 6.91. The number of benzene rings is 1. The maximum Gasteiger partial charge on any atom is 0.336 e. The van der Waals surface area contributed by atoms with Gasteiger partial charge >= 0.3 is 5.63 Å². The van der Waals surface area contributed by atoms with Crippen molar-refractivity contribution >= 4 is 28.5 Å². The molecule has 26 heavy (non-hydrogen) atoms. The van der Waals surface area contributed by atoms with Gasteiger partial charge in [0.05, 0.1) is 0 Å². The van der Waals surface area contributed by atoms with Crippen molar-refractivity contribution < 1.29 is 4.42 Å². The first kappa shape index (κ1) is 17.0. The summed E-state index contributed by atoms with van der Waals surface area (Å²) in [6.45, 7) is 6.04. The Hall–Kier alpha value is -2.44. The molecule has 7 heteroatoms. The minimum Gasteiger partial charge on any atom is -0.423 e. The predicted octanol–water partition coefficient (Wildman–Crippen LogP) is 2.87. The van der Waals surface area contributed by atoms with Crippen molar-refractivity contribution in [1.29, 1.82) is 0 Å². The molecule has 2 aromatic heterocycles. The molecule has 0 unspecified atom stereocenters. The number of aromatic nitrogens is 2. The SMILES string of the molecule is Cc1cc2oc(=O)cc(CN3CCN(c4ncccn4)CC3)c2cc1Cl. The van der Waals surface area contributed by atoms with E-state index in [1.54, 1.807) is 18.5 Å². The van der Waals surface area contributed by atoms with Crippen molar-refractivity contribution in [3.63, 3.8) is 0 Å². The van der Waals surface area contributed by atoms with Crippen LogP contribution in [0.25, 0.3) is 11.0 Å². The third-order valence-corrected chi connectivity index (χ3v) is 5.12. The van der Waals surface area contributed by atoms with E-state index in [1.807, 2.05) is 25.1 Å². The first-order valence-corrected chi connectivity index (χ1v) is 8.95. The number of rotatable bonds is 3. The molecule has 134 valence electrons. The summed E-state index contributed by atoms with van der Waals surface area (Å²) in [5, 5.41) is 1.58. The van der Waals surface area contributed by atoms with Crippen molar-refractivity contribution in [1.82, 2.24) is 14.9 Å². The molecule has 3 aromatic rings. The number of aryl methyl sites for hydroxylation is 1. The van der Waals surface area contributed by atoms with Gasteiger partial charge in [-0.15, -0.1) is 0 Å². The summed E-state index contributed by atoms with van der Waals surface area (Å²) < 4.78 is 5.34. The molecule has 0 bridgehead atoms. The van der Waals surface area contributed by atoms with E-state index in [1.165, 1.54) is 0 Å². The lowest BCUT2D eigenvalue weighted by molar-refractivity contribution is 0.249. The van der Waals surface area contributed by atoms with Crippen molar-refractivity contribution in [2.75, 3.05) is 31.1 Å². The smallest absolute Gasteiger partial charge is 0.336 e. The van der Waals surface area contributed by atoms with Gasteiger partial charge in [-0.05, 0) is 36.2 Å². The third-order valence-electron chi connectivity index (χ3n) is 4.71. The van der Waals surface area contributed by atoms with E-state index in [0.717, 1.165) is 48.6 Å². The zero-order chi connectivity index (χ0) is 18.1. The van der Waals surface area contributed by atoms with Gasteiger partial charge in [0.1, 0.15) is 5.58 Å². The predicted molar refractivity (Wildman–Crippen MR) is 102 cm³/mol. The van der Waals surface area contributed by atoms with Crippen LogP contribution < -0.4 is 10.5 Å². The van der Waals surface area contributed by atoms with E-state index in [-0.39, 0.29) is 5.63 Å². The van der Waals surface area contributed by atoms with E-state index in [0.29, 0.717) is 17.2 Å². The highest BCUT2D eigenvalue weighted by atomic mass is 35.5. The van der Waals surface area contributed by atoms with Crippen LogP contribution in [0.2, 0.25) is 5.02 Å². The average Bonchev–Trinajstić information content (AvgIpc) is 2.65. The summed E-state index contributed by atoms with van der Waals surface area (Å²) in [6.07, 6.45) is 3.52. The first-order valence-electron chi connectivity index (χ1n) is 8.57. The van der Waals surface area contributed by atoms with Crippen LogP contribution >= 0.6 is 11.6 Å². The van der Waals surface area contributed by atoms with Gasteiger partial charge in [0.2, 0.25) is 5.95 Å². The molecule has 1 saturated heterocycles. The first-order chi connectivity index (χ1) is 12.6. The van der Waals surface area contributed by atoms with Crippen LogP contribution in [0.15, 0.2) is 45.9 Å². The Kier molecular flexibility index (Phi) is 4.61. The highest BCUT2D eigenvalue weighted by molar-refractivity contribution is 6.32. The molecule has 0 spiro atoms. The Morgan fingerprint density at radius 3 is 2.58 bits per heavy atom. The van der Waals surface area contributed by atoms with E-state index in [2.05, 4.69) is 19.8 Å². The van der Waals surface area contributed by atoms with Gasteiger partial charge < -0.3 is 9.32 Å². The van der Waals surface area contributed by atoms with Gasteiger partial charge in [-0.1, -0.05) is 11.6 Å². The fraction of sp³-hybridized carbons (Fsp3) is 0.316. The van der Waals surface area contributed by atoms with Crippen molar-refractivity contribution in [2.45, 2.75) is 13.5 Å². The third kappa shape index (κ3) is 3.43. The molecular weight excluding hydrogens is 352 g/mol. The Balaban J connectivity index is 1.53. The van der Waals surface area contributed by atoms with Gasteiger partial charge in [-0.2, -0.15) is 0 Å². The summed E-state index contributed by atoms with van der Waals surface area (Å²) in [7, 11) is 0. The number of halogens is 1. The number of anilines is 1. The minimum atomic E-state index is -0.328. The van der Waals surface area contributed by atoms with Crippen LogP contribution in [0.5, 0.6) is 0 Å². The number of hydrogen-bond donors (Lipinski definition) is 0. The molecule has 0 atom stereocenters. The monoisotopic (exact) mass is 370 g/mol. The molecule has 0 N–H and O–H groups in total. The van der Waals surface area contributed by atoms with Crippen LogP contribution in [-0.2, 0) is 6.54 Å². The molecular formula is C19H19ClN4O2. The number of nitrogens with zero attached hydrogens (tertiary/aromatic N) is 4. The van der Waals surface area contributed by atoms with E-state index < -0.39 is 0 Å². The molecule has 4 rings (SSSR count). The highest BCUT2D eigenvalue weighted by Gasteiger charge is 2.20. The number of hydrogen-bond acceptors (Lipinski definition) is 6. The van der Waals surface area contributed by atoms with Crippen molar-refractivity contribution in [2.24, 2.45) is 0 Å². The van der Waals surface area contributed by atoms with Crippen LogP contribution in [0.3, 0.4) is 0 Å². The lowest BCUT2D eigenvalue weighted by atomic mass is 10.1. The second kappa shape index (κ2) is 7.05. The van der Waals surface area contributed by atoms with Crippen molar-refractivity contribution in [3.05, 3.63) is 63.2 Å². The molecule has 6 nitrogen and oxygen atoms in total. The number of fused-ring (bicyclic) bond motifs is 1. The standard InChI is InChI=1S/C19H19ClN4O2/c1-13-9-17-15(11-16(13)20)14(10-18(25)26-17)12-23-5-7-24(8-6-23)19-21-3-2-4-22-19/h2-4,9-11H,5-8,12H2,1H3. The molecule has 0 aliphatic carbocycles. The molecule has 1 aliphatic heterocycles. The molecule has 0 saturated carbocycles. The van der Waals surface area contributed by atoms with Gasteiger partial charge in [0.15, 0.2) is 0 Å². The fourth-order valence-corrected chi connectivity index (χ4v) is 3.44. The summed E-state index contributed by atoms with van der Waals surface area (Å²) in [5.41, 5.74) is 2.11. The van der Waals surface area contributed by atoms with Crippen LogP contribution in [-0.4, -0.2) is 41.0 Å². The van der Waals surface area contributed by atoms with Crippen LogP contribution in [0.4, 0.5) is 5.95 Å². The molecule has 1 aromatic carbocycles. The zero-order valence-electron chi connectivity index (χ0n) is 14.5. The Bertz CT molecular complexity index is 982. The highest BCUT2D eigenvalue weighted by Crippen LogP contribution is 2.26. The van der Waals surface area contributed by atoms with Crippen molar-refractivity contribution in [3.8, 4) is 0 Å². The molecule has 3 heterocycles. The normalized spacial score (nSPS) is 15.5. The van der Waals surface area contributed by atoms with Gasteiger partial charge in [-0.3, -0.25) is 4.90 Å². The molecule has 1 aliphatic rings. The fourth-order valence-electron chi connectivity index (χ4n) is 3.28. The van der Waals surface area contributed by atoms with Crippen LogP contribution in [0.1, 0.15) is 11.1 Å². The lowest BCUT2D eigenvalue weighted by Gasteiger charge is -2.34. The molecule has 1 fully saturated rings. The van der Waals surface area contributed by atoms with Crippen LogP contribution in [0, 0.1) is 6.92 Å². The summed E-state index contributed by atoms with van der Waals surface area (Å²) in [5.74, 6) is 0.764. The van der Waals surface area contributed by atoms with E-state index in [4.69, 9.17) is 16.0 Å². The quantitative estimate of drug-likeness (QED) is 0.661. The minimum absolute atomic E-state index is 0.328. The largest absolute Gasteiger partial charge is 0.423 e. The Morgan fingerprint density at radius 1 is 1.12 bits per heavy atom. The average molecular weight is 371 g/mol. The second-order valence-electron chi connectivity index (χ2n) is 6.50. The topological polar surface area (TPSA) is 62.5 Å². The molecule has 0 radical (unpaired) electrons. The molecule has 0 amide bonds. The van der Waals surface area contributed by atoms with Gasteiger partial charge in [-0.25, -0.2) is 14.8 Å². The zero-order valence-corrected chi connectivity index (χ0v) is 15.2. The Morgan fingerprint density at radius 2 is 1.85 bits per heavy atom. The maximum atomic E-state index is 11.9. The van der Waals surface area contributed by atoms with Gasteiger partial charge in [0, 0.05) is 61.6 Å². The maximum absolute atomic E-state index is 11.9. The number of piperazine rings is 1. The lowest BCUT2D eigenvalue weighted by Crippen LogP contribution is -2.46. The van der Waals surface area contributed by atoms with Gasteiger partial charge in [0.25, 0.3) is 0 Å². The Labute approximate surface area is 156 Å². The van der Waals surface area contributed by atoms with E-state index >= 15 is 0 Å². The summed E-state index contributed by atoms with van der Waals surface area (Å²) in [4.78, 5) is 25.1.